The van der Waals surface area contributed by atoms with Gasteiger partial charge in [-0.3, -0.25) is 4.79 Å². The minimum absolute atomic E-state index is 0.0481. The normalized spacial score (nSPS) is 12.4. The quantitative estimate of drug-likeness (QED) is 0.466. The lowest BCUT2D eigenvalue weighted by Crippen LogP contribution is -2.27. The van der Waals surface area contributed by atoms with E-state index in [4.69, 9.17) is 0 Å². The second kappa shape index (κ2) is 7.82. The van der Waals surface area contributed by atoms with E-state index in [0.29, 0.717) is 0 Å². The zero-order chi connectivity index (χ0) is 12.7. The van der Waals surface area contributed by atoms with Crippen LogP contribution in [0.5, 0.6) is 0 Å². The highest BCUT2D eigenvalue weighted by Gasteiger charge is 2.14. The summed E-state index contributed by atoms with van der Waals surface area (Å²) in [7, 11) is 0. The smallest absolute Gasteiger partial charge is 0.166 e. The second-order valence-electron chi connectivity index (χ2n) is 4.33. The maximum Gasteiger partial charge on any atom is 0.166 e. The molecule has 0 aliphatic heterocycles. The van der Waals surface area contributed by atoms with E-state index in [0.717, 1.165) is 22.2 Å². The van der Waals surface area contributed by atoms with Crippen LogP contribution in [0.15, 0.2) is 24.3 Å². The summed E-state index contributed by atoms with van der Waals surface area (Å²) >= 11 is 2.25. The molecule has 0 aliphatic carbocycles. The fourth-order valence-electron chi connectivity index (χ4n) is 1.61. The van der Waals surface area contributed by atoms with Gasteiger partial charge in [0.25, 0.3) is 0 Å². The zero-order valence-electron chi connectivity index (χ0n) is 10.5. The minimum Gasteiger partial charge on any atom is -0.316 e. The van der Waals surface area contributed by atoms with Crippen molar-refractivity contribution >= 4 is 28.4 Å². The number of benzene rings is 1. The second-order valence-corrected chi connectivity index (χ2v) is 5.58. The number of nitrogens with one attached hydrogen (secondary N) is 1. The highest BCUT2D eigenvalue weighted by molar-refractivity contribution is 14.1. The Hall–Kier alpha value is -0.420. The highest BCUT2D eigenvalue weighted by Crippen LogP contribution is 2.11. The van der Waals surface area contributed by atoms with E-state index >= 15 is 0 Å². The summed E-state index contributed by atoms with van der Waals surface area (Å²) < 4.78 is 1.16. The summed E-state index contributed by atoms with van der Waals surface area (Å²) in [5.41, 5.74) is 0.815. The summed E-state index contributed by atoms with van der Waals surface area (Å²) in [5, 5.41) is 3.33. The molecule has 0 aromatic heterocycles. The lowest BCUT2D eigenvalue weighted by atomic mass is 9.99. The molecule has 1 aromatic carbocycles. The number of Topliss-reactive ketones (excluding diaryl/α,β-unsaturated/α-hetero) is 1. The Bertz CT molecular complexity index is 348. The molecule has 1 aromatic rings. The van der Waals surface area contributed by atoms with Crippen molar-refractivity contribution in [1.82, 2.24) is 5.32 Å². The van der Waals surface area contributed by atoms with Crippen molar-refractivity contribution in [1.29, 1.82) is 0 Å². The SMILES string of the molecule is CCCCNCC(C)C(=O)c1ccc(I)cc1. The van der Waals surface area contributed by atoms with Crippen LogP contribution < -0.4 is 5.32 Å². The Kier molecular flexibility index (Phi) is 6.73. The zero-order valence-corrected chi connectivity index (χ0v) is 12.7. The van der Waals surface area contributed by atoms with Gasteiger partial charge in [0.2, 0.25) is 0 Å². The van der Waals surface area contributed by atoms with E-state index in [1.54, 1.807) is 0 Å². The molecule has 17 heavy (non-hydrogen) atoms. The molecule has 0 saturated heterocycles. The lowest BCUT2D eigenvalue weighted by Gasteiger charge is -2.11. The average Bonchev–Trinajstić information content (AvgIpc) is 2.34. The molecule has 1 N–H and O–H groups in total. The summed E-state index contributed by atoms with van der Waals surface area (Å²) in [4.78, 5) is 12.1. The van der Waals surface area contributed by atoms with E-state index in [1.807, 2.05) is 31.2 Å². The van der Waals surface area contributed by atoms with Crippen molar-refractivity contribution in [2.24, 2.45) is 5.92 Å². The Labute approximate surface area is 117 Å². The largest absolute Gasteiger partial charge is 0.316 e. The number of carbonyl (C=O) groups is 1. The summed E-state index contributed by atoms with van der Waals surface area (Å²) in [6, 6.07) is 7.77. The molecule has 0 amide bonds. The number of ketones is 1. The first kappa shape index (κ1) is 14.6. The molecule has 3 heteroatoms. The molecule has 1 atom stereocenters. The van der Waals surface area contributed by atoms with Gasteiger partial charge < -0.3 is 5.32 Å². The van der Waals surface area contributed by atoms with Gasteiger partial charge in [-0.1, -0.05) is 32.4 Å². The van der Waals surface area contributed by atoms with E-state index < -0.39 is 0 Å². The third-order valence-corrected chi connectivity index (χ3v) is 3.45. The maximum absolute atomic E-state index is 12.1. The van der Waals surface area contributed by atoms with Gasteiger partial charge in [0, 0.05) is 21.6 Å². The molecule has 0 fully saturated rings. The lowest BCUT2D eigenvalue weighted by molar-refractivity contribution is 0.0929. The fourth-order valence-corrected chi connectivity index (χ4v) is 1.97. The van der Waals surface area contributed by atoms with Gasteiger partial charge in [-0.2, -0.15) is 0 Å². The van der Waals surface area contributed by atoms with Crippen LogP contribution in [0.3, 0.4) is 0 Å². The van der Waals surface area contributed by atoms with Gasteiger partial charge in [-0.25, -0.2) is 0 Å². The maximum atomic E-state index is 12.1. The standard InChI is InChI=1S/C14H20INO/c1-3-4-9-16-10-11(2)14(17)12-5-7-13(15)8-6-12/h5-8,11,16H,3-4,9-10H2,1-2H3. The van der Waals surface area contributed by atoms with Crippen molar-refractivity contribution < 1.29 is 4.79 Å². The van der Waals surface area contributed by atoms with Crippen LogP contribution in [0.25, 0.3) is 0 Å². The van der Waals surface area contributed by atoms with E-state index in [9.17, 15) is 4.79 Å². The summed E-state index contributed by atoms with van der Waals surface area (Å²) in [5.74, 6) is 0.275. The van der Waals surface area contributed by atoms with Crippen molar-refractivity contribution in [2.45, 2.75) is 26.7 Å². The van der Waals surface area contributed by atoms with Gasteiger partial charge in [0.05, 0.1) is 0 Å². The van der Waals surface area contributed by atoms with Crippen LogP contribution in [0.1, 0.15) is 37.0 Å². The molecule has 0 spiro atoms. The highest BCUT2D eigenvalue weighted by atomic mass is 127. The predicted molar refractivity (Wildman–Crippen MR) is 80.4 cm³/mol. The van der Waals surface area contributed by atoms with Crippen LogP contribution in [0.2, 0.25) is 0 Å². The monoisotopic (exact) mass is 345 g/mol. The number of carbonyl (C=O) groups excluding carboxylic acids is 1. The van der Waals surface area contributed by atoms with Gasteiger partial charge in [0.1, 0.15) is 0 Å². The molecule has 0 radical (unpaired) electrons. The number of rotatable bonds is 7. The van der Waals surface area contributed by atoms with E-state index in [-0.39, 0.29) is 11.7 Å². The van der Waals surface area contributed by atoms with E-state index in [2.05, 4.69) is 34.8 Å². The van der Waals surface area contributed by atoms with E-state index in [1.165, 1.54) is 12.8 Å². The first-order valence-electron chi connectivity index (χ1n) is 6.15. The molecular formula is C14H20INO. The first-order valence-corrected chi connectivity index (χ1v) is 7.23. The van der Waals surface area contributed by atoms with Crippen molar-refractivity contribution in [3.8, 4) is 0 Å². The van der Waals surface area contributed by atoms with Gasteiger partial charge in [-0.05, 0) is 47.7 Å². The molecule has 0 saturated carbocycles. The molecular weight excluding hydrogens is 325 g/mol. The topological polar surface area (TPSA) is 29.1 Å². The number of hydrogen-bond acceptors (Lipinski definition) is 2. The molecule has 0 aliphatic rings. The van der Waals surface area contributed by atoms with Crippen LogP contribution in [0, 0.1) is 9.49 Å². The summed E-state index contributed by atoms with van der Waals surface area (Å²) in [6.45, 7) is 5.92. The number of hydrogen-bond donors (Lipinski definition) is 1. The Morgan fingerprint density at radius 3 is 2.59 bits per heavy atom. The van der Waals surface area contributed by atoms with Gasteiger partial charge in [0.15, 0.2) is 5.78 Å². The van der Waals surface area contributed by atoms with Crippen LogP contribution >= 0.6 is 22.6 Å². The van der Waals surface area contributed by atoms with Crippen LogP contribution in [0.4, 0.5) is 0 Å². The molecule has 2 nitrogen and oxygen atoms in total. The molecule has 0 bridgehead atoms. The third-order valence-electron chi connectivity index (χ3n) is 2.73. The van der Waals surface area contributed by atoms with Gasteiger partial charge >= 0.3 is 0 Å². The Morgan fingerprint density at radius 1 is 1.35 bits per heavy atom. The van der Waals surface area contributed by atoms with Gasteiger partial charge in [-0.15, -0.1) is 0 Å². The molecule has 1 unspecified atom stereocenters. The Balaban J connectivity index is 2.43. The average molecular weight is 345 g/mol. The van der Waals surface area contributed by atoms with Crippen molar-refractivity contribution in [3.05, 3.63) is 33.4 Å². The molecule has 1 rings (SSSR count). The fraction of sp³-hybridized carbons (Fsp3) is 0.500. The number of halogens is 1. The first-order chi connectivity index (χ1) is 8.15. The van der Waals surface area contributed by atoms with Crippen molar-refractivity contribution in [2.75, 3.05) is 13.1 Å². The van der Waals surface area contributed by atoms with Crippen molar-refractivity contribution in [3.63, 3.8) is 0 Å². The third kappa shape index (κ3) is 5.17. The summed E-state index contributed by atoms with van der Waals surface area (Å²) in [6.07, 6.45) is 2.36. The predicted octanol–water partition coefficient (Wildman–Crippen LogP) is 3.50. The molecule has 94 valence electrons. The minimum atomic E-state index is 0.0481. The Morgan fingerprint density at radius 2 is 2.00 bits per heavy atom. The van der Waals surface area contributed by atoms with Crippen LogP contribution in [-0.4, -0.2) is 18.9 Å². The van der Waals surface area contributed by atoms with Crippen LogP contribution in [-0.2, 0) is 0 Å². The number of unbranched alkanes of at least 4 members (excludes halogenated alkanes) is 1. The molecule has 0 heterocycles.